The zero-order chi connectivity index (χ0) is 31.6. The normalized spacial score (nSPS) is 13.7. The molecular formula is C34H34FN9O2. The Morgan fingerprint density at radius 3 is 2.74 bits per heavy atom. The second kappa shape index (κ2) is 12.7. The molecule has 1 saturated heterocycles. The lowest BCUT2D eigenvalue weighted by Crippen LogP contribution is -2.27. The molecule has 6 heterocycles. The standard InChI is InChI=1S/C34H34FN9O2/c1-43(2)20-31(45)38-24-14-22(18-36-19-24)27-5-6-29-33(40-27)34(42-41-29)30-17-26-28(39-30)7-8-37-32(26)21-13-23(35)16-25(15-21)46-12-11-44-9-3-4-10-44/h5-8,13-19,39H,3-4,9-12,20H2,1-2H3,(H,38,45)(H,41,42). The molecule has 0 unspecified atom stereocenters. The number of benzene rings is 1. The number of aromatic amines is 2. The quantitative estimate of drug-likeness (QED) is 0.187. The monoisotopic (exact) mass is 619 g/mol. The van der Waals surface area contributed by atoms with Gasteiger partial charge in [0, 0.05) is 47.0 Å². The summed E-state index contributed by atoms with van der Waals surface area (Å²) in [7, 11) is 3.68. The molecule has 0 bridgehead atoms. The predicted octanol–water partition coefficient (Wildman–Crippen LogP) is 5.34. The van der Waals surface area contributed by atoms with Gasteiger partial charge in [-0.2, -0.15) is 5.10 Å². The molecule has 1 aromatic carbocycles. The summed E-state index contributed by atoms with van der Waals surface area (Å²) in [5.41, 5.74) is 6.92. The van der Waals surface area contributed by atoms with Gasteiger partial charge in [0.25, 0.3) is 0 Å². The van der Waals surface area contributed by atoms with Crippen molar-refractivity contribution in [2.45, 2.75) is 12.8 Å². The molecule has 0 saturated carbocycles. The zero-order valence-corrected chi connectivity index (χ0v) is 25.7. The average molecular weight is 620 g/mol. The van der Waals surface area contributed by atoms with E-state index in [1.807, 2.05) is 50.5 Å². The minimum Gasteiger partial charge on any atom is -0.492 e. The number of amides is 1. The summed E-state index contributed by atoms with van der Waals surface area (Å²) < 4.78 is 20.7. The van der Waals surface area contributed by atoms with Gasteiger partial charge in [-0.3, -0.25) is 24.8 Å². The van der Waals surface area contributed by atoms with E-state index in [0.717, 1.165) is 47.3 Å². The molecule has 234 valence electrons. The Balaban J connectivity index is 1.18. The van der Waals surface area contributed by atoms with Crippen LogP contribution in [-0.2, 0) is 4.79 Å². The number of H-pyrrole nitrogens is 2. The summed E-state index contributed by atoms with van der Waals surface area (Å²) in [6.45, 7) is 3.76. The molecule has 12 heteroatoms. The van der Waals surface area contributed by atoms with Crippen molar-refractivity contribution in [3.63, 3.8) is 0 Å². The van der Waals surface area contributed by atoms with Crippen LogP contribution in [0.25, 0.3) is 55.8 Å². The molecular weight excluding hydrogens is 585 g/mol. The third-order valence-corrected chi connectivity index (χ3v) is 8.01. The minimum atomic E-state index is -0.380. The van der Waals surface area contributed by atoms with E-state index in [1.165, 1.54) is 25.0 Å². The Labute approximate surface area is 264 Å². The highest BCUT2D eigenvalue weighted by atomic mass is 19.1. The van der Waals surface area contributed by atoms with Crippen LogP contribution in [0, 0.1) is 5.82 Å². The van der Waals surface area contributed by atoms with Crippen molar-refractivity contribution < 1.29 is 13.9 Å². The van der Waals surface area contributed by atoms with Crippen LogP contribution in [0.2, 0.25) is 0 Å². The molecule has 11 nitrogen and oxygen atoms in total. The maximum Gasteiger partial charge on any atom is 0.238 e. The Morgan fingerprint density at radius 1 is 1.02 bits per heavy atom. The summed E-state index contributed by atoms with van der Waals surface area (Å²) in [5.74, 6) is -0.0274. The van der Waals surface area contributed by atoms with Crippen LogP contribution in [-0.4, -0.2) is 92.7 Å². The molecule has 1 amide bonds. The topological polar surface area (TPSA) is 128 Å². The number of pyridine rings is 3. The van der Waals surface area contributed by atoms with E-state index in [4.69, 9.17) is 9.72 Å². The van der Waals surface area contributed by atoms with Gasteiger partial charge in [-0.25, -0.2) is 9.37 Å². The van der Waals surface area contributed by atoms with Crippen LogP contribution in [0.4, 0.5) is 10.1 Å². The van der Waals surface area contributed by atoms with E-state index in [1.54, 1.807) is 23.5 Å². The molecule has 1 aliphatic rings. The summed E-state index contributed by atoms with van der Waals surface area (Å²) >= 11 is 0. The highest BCUT2D eigenvalue weighted by Crippen LogP contribution is 2.34. The predicted molar refractivity (Wildman–Crippen MR) is 176 cm³/mol. The van der Waals surface area contributed by atoms with Crippen molar-refractivity contribution in [2.75, 3.05) is 52.2 Å². The number of fused-ring (bicyclic) bond motifs is 2. The number of halogens is 1. The Morgan fingerprint density at radius 2 is 1.89 bits per heavy atom. The van der Waals surface area contributed by atoms with Crippen LogP contribution in [0.1, 0.15) is 12.8 Å². The van der Waals surface area contributed by atoms with Crippen LogP contribution in [0.15, 0.2) is 67.1 Å². The van der Waals surface area contributed by atoms with E-state index in [-0.39, 0.29) is 18.3 Å². The Bertz CT molecular complexity index is 2030. The van der Waals surface area contributed by atoms with E-state index < -0.39 is 0 Å². The van der Waals surface area contributed by atoms with Crippen molar-refractivity contribution in [3.8, 4) is 39.7 Å². The summed E-state index contributed by atoms with van der Waals surface area (Å²) in [6.07, 6.45) is 7.45. The number of ether oxygens (including phenoxy) is 1. The van der Waals surface area contributed by atoms with Gasteiger partial charge >= 0.3 is 0 Å². The molecule has 6 aromatic rings. The summed E-state index contributed by atoms with van der Waals surface area (Å²) in [4.78, 5) is 33.7. The molecule has 0 spiro atoms. The van der Waals surface area contributed by atoms with Crippen molar-refractivity contribution in [3.05, 3.63) is 72.9 Å². The van der Waals surface area contributed by atoms with Crippen LogP contribution >= 0.6 is 0 Å². The molecule has 0 radical (unpaired) electrons. The third-order valence-electron chi connectivity index (χ3n) is 8.01. The van der Waals surface area contributed by atoms with Gasteiger partial charge < -0.3 is 19.9 Å². The van der Waals surface area contributed by atoms with Gasteiger partial charge in [-0.05, 0) is 82.5 Å². The Kier molecular flexibility index (Phi) is 8.12. The second-order valence-electron chi connectivity index (χ2n) is 11.8. The van der Waals surface area contributed by atoms with Gasteiger partial charge in [-0.1, -0.05) is 0 Å². The van der Waals surface area contributed by atoms with E-state index in [2.05, 4.69) is 35.4 Å². The maximum absolute atomic E-state index is 14.8. The second-order valence-corrected chi connectivity index (χ2v) is 11.8. The van der Waals surface area contributed by atoms with E-state index in [9.17, 15) is 9.18 Å². The van der Waals surface area contributed by atoms with Crippen molar-refractivity contribution >= 4 is 33.5 Å². The molecule has 0 atom stereocenters. The van der Waals surface area contributed by atoms with E-state index in [0.29, 0.717) is 46.2 Å². The molecule has 1 aliphatic heterocycles. The van der Waals surface area contributed by atoms with Gasteiger partial charge in [0.05, 0.1) is 41.0 Å². The zero-order valence-electron chi connectivity index (χ0n) is 25.7. The number of rotatable bonds is 10. The van der Waals surface area contributed by atoms with Crippen molar-refractivity contribution in [1.82, 2.24) is 39.9 Å². The summed E-state index contributed by atoms with van der Waals surface area (Å²) in [6, 6.07) is 14.2. The fourth-order valence-corrected chi connectivity index (χ4v) is 5.88. The average Bonchev–Trinajstić information content (AvgIpc) is 3.80. The first-order valence-corrected chi connectivity index (χ1v) is 15.3. The van der Waals surface area contributed by atoms with Gasteiger partial charge in [0.15, 0.2) is 0 Å². The number of aromatic nitrogens is 6. The molecule has 3 N–H and O–H groups in total. The molecule has 46 heavy (non-hydrogen) atoms. The highest BCUT2D eigenvalue weighted by Gasteiger charge is 2.18. The van der Waals surface area contributed by atoms with Crippen molar-refractivity contribution in [1.29, 1.82) is 0 Å². The maximum atomic E-state index is 14.8. The lowest BCUT2D eigenvalue weighted by molar-refractivity contribution is -0.116. The van der Waals surface area contributed by atoms with E-state index >= 15 is 0 Å². The number of carbonyl (C=O) groups excluding carboxylic acids is 1. The number of nitrogens with zero attached hydrogens (tertiary/aromatic N) is 6. The van der Waals surface area contributed by atoms with Crippen LogP contribution in [0.5, 0.6) is 5.75 Å². The smallest absolute Gasteiger partial charge is 0.238 e. The number of hydrogen-bond donors (Lipinski definition) is 3. The molecule has 7 rings (SSSR count). The molecule has 0 aliphatic carbocycles. The molecule has 5 aromatic heterocycles. The first kappa shape index (κ1) is 29.5. The summed E-state index contributed by atoms with van der Waals surface area (Å²) in [5, 5.41) is 11.4. The first-order chi connectivity index (χ1) is 22.4. The van der Waals surface area contributed by atoms with Gasteiger partial charge in [-0.15, -0.1) is 0 Å². The number of hydrogen-bond acceptors (Lipinski definition) is 8. The van der Waals surface area contributed by atoms with Crippen LogP contribution in [0.3, 0.4) is 0 Å². The largest absolute Gasteiger partial charge is 0.492 e. The number of anilines is 1. The van der Waals surface area contributed by atoms with Crippen molar-refractivity contribution in [2.24, 2.45) is 0 Å². The van der Waals surface area contributed by atoms with Crippen LogP contribution < -0.4 is 10.1 Å². The highest BCUT2D eigenvalue weighted by molar-refractivity contribution is 5.99. The fraction of sp³-hybridized carbons (Fsp3) is 0.265. The number of nitrogens with one attached hydrogen (secondary N) is 3. The molecule has 1 fully saturated rings. The lowest BCUT2D eigenvalue weighted by atomic mass is 10.1. The minimum absolute atomic E-state index is 0.128. The number of likely N-dealkylation sites (N-methyl/N-ethyl adjacent to an activating group) is 1. The Hall–Kier alpha value is -5.20. The first-order valence-electron chi connectivity index (χ1n) is 15.3. The number of likely N-dealkylation sites (tertiary alicyclic amines) is 1. The van der Waals surface area contributed by atoms with Gasteiger partial charge in [0.1, 0.15) is 29.4 Å². The number of carbonyl (C=O) groups is 1. The fourth-order valence-electron chi connectivity index (χ4n) is 5.88. The van der Waals surface area contributed by atoms with Gasteiger partial charge in [0.2, 0.25) is 5.91 Å². The lowest BCUT2D eigenvalue weighted by Gasteiger charge is -2.15. The SMILES string of the molecule is CN(C)CC(=O)Nc1cncc(-c2ccc3[nH]nc(-c4cc5c(-c6cc(F)cc(OCCN7CCCC7)c6)nccc5[nH]4)c3n2)c1. The third kappa shape index (κ3) is 6.30.